The van der Waals surface area contributed by atoms with Gasteiger partial charge in [0.2, 0.25) is 0 Å². The van der Waals surface area contributed by atoms with Crippen molar-refractivity contribution < 1.29 is 14.2 Å². The summed E-state index contributed by atoms with van der Waals surface area (Å²) in [6.45, 7) is 1.89. The van der Waals surface area contributed by atoms with E-state index in [1.54, 1.807) is 7.11 Å². The zero-order chi connectivity index (χ0) is 17.3. The van der Waals surface area contributed by atoms with E-state index in [9.17, 15) is 0 Å². The summed E-state index contributed by atoms with van der Waals surface area (Å²) < 4.78 is 17.1. The van der Waals surface area contributed by atoms with Crippen molar-refractivity contribution in [2.24, 2.45) is 5.92 Å². The molecule has 0 amide bonds. The summed E-state index contributed by atoms with van der Waals surface area (Å²) in [6, 6.07) is 16.5. The molecule has 2 aromatic carbocycles. The maximum absolute atomic E-state index is 6.01. The molecule has 0 bridgehead atoms. The fourth-order valence-electron chi connectivity index (χ4n) is 2.74. The summed E-state index contributed by atoms with van der Waals surface area (Å²) in [5.74, 6) is 2.47. The second-order valence-electron chi connectivity index (χ2n) is 6.52. The third-order valence-electron chi connectivity index (χ3n) is 4.37. The van der Waals surface area contributed by atoms with E-state index >= 15 is 0 Å². The number of hydrogen-bond donors (Lipinski definition) is 0. The van der Waals surface area contributed by atoms with Crippen molar-refractivity contribution in [1.82, 2.24) is 0 Å². The first-order chi connectivity index (χ1) is 12.3. The van der Waals surface area contributed by atoms with Gasteiger partial charge in [-0.1, -0.05) is 36.4 Å². The molecule has 3 rings (SSSR count). The van der Waals surface area contributed by atoms with Gasteiger partial charge in [0.25, 0.3) is 0 Å². The predicted octanol–water partition coefficient (Wildman–Crippen LogP) is 4.84. The quantitative estimate of drug-likeness (QED) is 0.548. The highest BCUT2D eigenvalue weighted by Crippen LogP contribution is 2.34. The van der Waals surface area contributed by atoms with Crippen LogP contribution in [-0.4, -0.2) is 20.3 Å². The molecule has 0 heterocycles. The van der Waals surface area contributed by atoms with Gasteiger partial charge in [0.1, 0.15) is 6.61 Å². The minimum atomic E-state index is 0.547. The molecule has 2 aromatic rings. The molecule has 0 aromatic heterocycles. The fraction of sp³-hybridized carbons (Fsp3) is 0.409. The van der Waals surface area contributed by atoms with E-state index in [0.717, 1.165) is 35.8 Å². The van der Waals surface area contributed by atoms with Crippen molar-refractivity contribution >= 4 is 0 Å². The van der Waals surface area contributed by atoms with Gasteiger partial charge in [-0.3, -0.25) is 0 Å². The minimum absolute atomic E-state index is 0.547. The number of hydrogen-bond acceptors (Lipinski definition) is 3. The van der Waals surface area contributed by atoms with E-state index in [0.29, 0.717) is 19.8 Å². The number of benzene rings is 2. The molecule has 1 fully saturated rings. The topological polar surface area (TPSA) is 27.7 Å². The van der Waals surface area contributed by atoms with Crippen LogP contribution in [0.2, 0.25) is 0 Å². The number of aryl methyl sites for hydroxylation is 1. The summed E-state index contributed by atoms with van der Waals surface area (Å²) in [6.07, 6.45) is 6.84. The highest BCUT2D eigenvalue weighted by molar-refractivity contribution is 5.43. The first-order valence-corrected chi connectivity index (χ1v) is 9.10. The van der Waals surface area contributed by atoms with Crippen LogP contribution in [0.15, 0.2) is 48.5 Å². The van der Waals surface area contributed by atoms with Crippen LogP contribution in [0, 0.1) is 12.3 Å². The van der Waals surface area contributed by atoms with Crippen LogP contribution in [0.25, 0.3) is 0 Å². The van der Waals surface area contributed by atoms with Crippen molar-refractivity contribution in [2.75, 3.05) is 20.3 Å². The lowest BCUT2D eigenvalue weighted by molar-refractivity contribution is 0.169. The van der Waals surface area contributed by atoms with Crippen molar-refractivity contribution in [3.05, 3.63) is 66.1 Å². The Kier molecular flexibility index (Phi) is 6.75. The van der Waals surface area contributed by atoms with Gasteiger partial charge in [-0.25, -0.2) is 0 Å². The van der Waals surface area contributed by atoms with Crippen molar-refractivity contribution in [1.29, 1.82) is 0 Å². The van der Waals surface area contributed by atoms with E-state index in [4.69, 9.17) is 14.2 Å². The minimum Gasteiger partial charge on any atom is -0.490 e. The SMILES string of the molecule is COCCCOc1cc(CCC2[CH]C2)ccc1OCc1ccccc1. The van der Waals surface area contributed by atoms with Gasteiger partial charge >= 0.3 is 0 Å². The third kappa shape index (κ3) is 6.09. The first kappa shape index (κ1) is 17.8. The molecule has 133 valence electrons. The molecule has 1 atom stereocenters. The van der Waals surface area contributed by atoms with E-state index in [2.05, 4.69) is 30.7 Å². The lowest BCUT2D eigenvalue weighted by Crippen LogP contribution is -2.04. The molecule has 0 aliphatic heterocycles. The van der Waals surface area contributed by atoms with Gasteiger partial charge in [0.15, 0.2) is 11.5 Å². The molecule has 3 heteroatoms. The monoisotopic (exact) mass is 339 g/mol. The Labute approximate surface area is 150 Å². The van der Waals surface area contributed by atoms with Gasteiger partial charge in [0, 0.05) is 20.1 Å². The molecule has 1 aliphatic rings. The largest absolute Gasteiger partial charge is 0.490 e. The molecule has 0 spiro atoms. The van der Waals surface area contributed by atoms with E-state index in [-0.39, 0.29) is 0 Å². The van der Waals surface area contributed by atoms with Gasteiger partial charge in [0.05, 0.1) is 6.61 Å². The lowest BCUT2D eigenvalue weighted by atomic mass is 10.1. The average molecular weight is 339 g/mol. The van der Waals surface area contributed by atoms with Crippen molar-refractivity contribution in [3.8, 4) is 11.5 Å². The molecule has 1 saturated carbocycles. The van der Waals surface area contributed by atoms with Crippen LogP contribution < -0.4 is 9.47 Å². The van der Waals surface area contributed by atoms with Gasteiger partial charge in [-0.2, -0.15) is 0 Å². The van der Waals surface area contributed by atoms with Crippen molar-refractivity contribution in [2.45, 2.75) is 32.3 Å². The second-order valence-corrected chi connectivity index (χ2v) is 6.52. The number of rotatable bonds is 11. The Hall–Kier alpha value is -2.00. The summed E-state index contributed by atoms with van der Waals surface area (Å²) in [5.41, 5.74) is 2.47. The highest BCUT2D eigenvalue weighted by Gasteiger charge is 2.21. The van der Waals surface area contributed by atoms with Crippen molar-refractivity contribution in [3.63, 3.8) is 0 Å². The van der Waals surface area contributed by atoms with E-state index < -0.39 is 0 Å². The van der Waals surface area contributed by atoms with Crippen LogP contribution in [0.5, 0.6) is 11.5 Å². The predicted molar refractivity (Wildman–Crippen MR) is 99.9 cm³/mol. The average Bonchev–Trinajstić information content (AvgIpc) is 3.48. The van der Waals surface area contributed by atoms with Gasteiger partial charge < -0.3 is 14.2 Å². The molecular formula is C22H27O3. The number of methoxy groups -OCH3 is 1. The molecule has 3 nitrogen and oxygen atoms in total. The maximum atomic E-state index is 6.01. The van der Waals surface area contributed by atoms with Crippen LogP contribution in [-0.2, 0) is 17.8 Å². The Morgan fingerprint density at radius 1 is 0.920 bits per heavy atom. The smallest absolute Gasteiger partial charge is 0.161 e. The van der Waals surface area contributed by atoms with Crippen LogP contribution in [0.1, 0.15) is 30.4 Å². The standard InChI is InChI=1S/C22H27O3/c1-23-14-5-15-24-22-16-19(11-10-18-8-9-18)12-13-21(22)25-17-20-6-3-2-4-7-20/h2-4,6-8,12-13,16,18H,5,9-11,14-15,17H2,1H3. The normalized spacial score (nSPS) is 13.6. The van der Waals surface area contributed by atoms with Crippen LogP contribution >= 0.6 is 0 Å². The molecule has 0 saturated heterocycles. The molecule has 1 unspecified atom stereocenters. The summed E-state index contributed by atoms with van der Waals surface area (Å²) in [4.78, 5) is 0. The molecule has 1 radical (unpaired) electrons. The summed E-state index contributed by atoms with van der Waals surface area (Å²) >= 11 is 0. The van der Waals surface area contributed by atoms with Gasteiger partial charge in [-0.15, -0.1) is 0 Å². The van der Waals surface area contributed by atoms with Crippen LogP contribution in [0.3, 0.4) is 0 Å². The third-order valence-corrected chi connectivity index (χ3v) is 4.37. The summed E-state index contributed by atoms with van der Waals surface area (Å²) in [7, 11) is 1.71. The number of ether oxygens (including phenoxy) is 3. The van der Waals surface area contributed by atoms with E-state index in [1.807, 2.05) is 24.3 Å². The Morgan fingerprint density at radius 2 is 1.76 bits per heavy atom. The zero-order valence-electron chi connectivity index (χ0n) is 14.9. The van der Waals surface area contributed by atoms with E-state index in [1.165, 1.54) is 18.4 Å². The molecule has 1 aliphatic carbocycles. The summed E-state index contributed by atoms with van der Waals surface area (Å²) in [5, 5.41) is 0. The fourth-order valence-corrected chi connectivity index (χ4v) is 2.74. The molecule has 25 heavy (non-hydrogen) atoms. The van der Waals surface area contributed by atoms with Gasteiger partial charge in [-0.05, 0) is 54.9 Å². The maximum Gasteiger partial charge on any atom is 0.161 e. The Morgan fingerprint density at radius 3 is 2.52 bits per heavy atom. The highest BCUT2D eigenvalue weighted by atomic mass is 16.5. The Bertz CT molecular complexity index is 635. The first-order valence-electron chi connectivity index (χ1n) is 9.10. The second kappa shape index (κ2) is 9.47. The zero-order valence-corrected chi connectivity index (χ0v) is 14.9. The molecule has 0 N–H and O–H groups in total. The lowest BCUT2D eigenvalue weighted by Gasteiger charge is -2.14. The van der Waals surface area contributed by atoms with Crippen LogP contribution in [0.4, 0.5) is 0 Å². The molecular weight excluding hydrogens is 312 g/mol. The Balaban J connectivity index is 1.62.